The Balaban J connectivity index is 2.02. The summed E-state index contributed by atoms with van der Waals surface area (Å²) in [6.07, 6.45) is 1.00. The van der Waals surface area contributed by atoms with Crippen LogP contribution < -0.4 is 11.1 Å². The van der Waals surface area contributed by atoms with Gasteiger partial charge in [-0.2, -0.15) is 5.21 Å². The van der Waals surface area contributed by atoms with E-state index in [1.165, 1.54) is 0 Å². The maximum atomic E-state index is 12.2. The number of carbonyl (C=O) groups is 1. The number of aromatic amines is 1. The van der Waals surface area contributed by atoms with Gasteiger partial charge in [-0.1, -0.05) is 17.4 Å². The third kappa shape index (κ3) is 2.46. The number of nitrogens with one attached hydrogen (secondary N) is 2. The van der Waals surface area contributed by atoms with E-state index in [1.54, 1.807) is 0 Å². The van der Waals surface area contributed by atoms with Crippen LogP contribution in [-0.2, 0) is 16.1 Å². The number of hydrogen-bond donors (Lipinski definition) is 3. The fraction of sp³-hybridized carbons (Fsp3) is 0.667. The van der Waals surface area contributed by atoms with Gasteiger partial charge in [-0.25, -0.2) is 0 Å². The summed E-state index contributed by atoms with van der Waals surface area (Å²) in [4.78, 5) is 12.4. The molecule has 0 aliphatic carbocycles. The van der Waals surface area contributed by atoms with E-state index >= 15 is 0 Å². The molecule has 1 aliphatic rings. The van der Waals surface area contributed by atoms with Gasteiger partial charge < -0.3 is 15.8 Å². The van der Waals surface area contributed by atoms with Gasteiger partial charge >= 0.3 is 0 Å². The molecule has 1 saturated heterocycles. The van der Waals surface area contributed by atoms with Crippen LogP contribution in [0.4, 0.5) is 0 Å². The van der Waals surface area contributed by atoms with E-state index in [0.29, 0.717) is 31.9 Å². The Kier molecular flexibility index (Phi) is 3.82. The summed E-state index contributed by atoms with van der Waals surface area (Å²) in [6.45, 7) is 1.15. The third-order valence-electron chi connectivity index (χ3n) is 3.05. The monoisotopic (exact) mass is 270 g/mol. The van der Waals surface area contributed by atoms with Gasteiger partial charge in [0, 0.05) is 13.2 Å². The van der Waals surface area contributed by atoms with Crippen LogP contribution in [0.3, 0.4) is 0 Å². The second kappa shape index (κ2) is 5.36. The average molecular weight is 270 g/mol. The molecular weight excluding hydrogens is 256 g/mol. The van der Waals surface area contributed by atoms with Gasteiger partial charge in [0.1, 0.15) is 5.41 Å². The van der Waals surface area contributed by atoms with Crippen LogP contribution in [-0.4, -0.2) is 44.7 Å². The first kappa shape index (κ1) is 12.8. The molecule has 1 aromatic rings. The molecule has 2 rings (SSSR count). The number of ether oxygens (including phenoxy) is 1. The van der Waals surface area contributed by atoms with Crippen molar-refractivity contribution < 1.29 is 9.53 Å². The van der Waals surface area contributed by atoms with Crippen LogP contribution >= 0.6 is 12.2 Å². The number of rotatable bonds is 4. The summed E-state index contributed by atoms with van der Waals surface area (Å²) in [7, 11) is 0. The number of H-pyrrole nitrogens is 1. The first-order valence-electron chi connectivity index (χ1n) is 5.53. The lowest BCUT2D eigenvalue weighted by Gasteiger charge is -2.34. The van der Waals surface area contributed by atoms with Crippen LogP contribution in [0, 0.1) is 5.41 Å². The summed E-state index contributed by atoms with van der Waals surface area (Å²) in [5.74, 6) is 0.205. The van der Waals surface area contributed by atoms with Crippen molar-refractivity contribution >= 4 is 23.1 Å². The van der Waals surface area contributed by atoms with Crippen molar-refractivity contribution in [3.63, 3.8) is 0 Å². The predicted molar refractivity (Wildman–Crippen MR) is 65.3 cm³/mol. The average Bonchev–Trinajstić information content (AvgIpc) is 2.89. The number of tetrazole rings is 1. The lowest BCUT2D eigenvalue weighted by molar-refractivity contribution is -0.131. The van der Waals surface area contributed by atoms with E-state index < -0.39 is 5.41 Å². The molecule has 0 aromatic carbocycles. The number of aromatic nitrogens is 4. The molecule has 9 heteroatoms. The molecule has 18 heavy (non-hydrogen) atoms. The summed E-state index contributed by atoms with van der Waals surface area (Å²) in [5, 5.41) is 16.0. The Hall–Kier alpha value is -1.61. The minimum absolute atomic E-state index is 0.195. The maximum Gasteiger partial charge on any atom is 0.233 e. The molecule has 0 atom stereocenters. The molecule has 8 nitrogen and oxygen atoms in total. The molecule has 98 valence electrons. The smallest absolute Gasteiger partial charge is 0.233 e. The molecular formula is C9H14N6O2S. The highest BCUT2D eigenvalue weighted by atomic mass is 32.1. The highest BCUT2D eigenvalue weighted by Crippen LogP contribution is 2.31. The quantitative estimate of drug-likeness (QED) is 0.594. The molecule has 1 aromatic heterocycles. The highest BCUT2D eigenvalue weighted by molar-refractivity contribution is 7.80. The Labute approximate surface area is 109 Å². The molecule has 1 aliphatic heterocycles. The normalized spacial score (nSPS) is 18.2. The van der Waals surface area contributed by atoms with Crippen molar-refractivity contribution in [1.82, 2.24) is 25.9 Å². The van der Waals surface area contributed by atoms with Crippen LogP contribution in [0.2, 0.25) is 0 Å². The largest absolute Gasteiger partial charge is 0.392 e. The Morgan fingerprint density at radius 1 is 1.56 bits per heavy atom. The van der Waals surface area contributed by atoms with Gasteiger partial charge in [0.25, 0.3) is 0 Å². The summed E-state index contributed by atoms with van der Waals surface area (Å²) < 4.78 is 5.24. The number of carbonyl (C=O) groups excluding carboxylic acids is 1. The van der Waals surface area contributed by atoms with Crippen LogP contribution in [0.15, 0.2) is 0 Å². The number of amides is 1. The number of hydrogen-bond acceptors (Lipinski definition) is 6. The number of nitrogens with two attached hydrogens (primary N) is 1. The topological polar surface area (TPSA) is 119 Å². The summed E-state index contributed by atoms with van der Waals surface area (Å²) in [5.41, 5.74) is 4.90. The number of nitrogens with zero attached hydrogens (tertiary/aromatic N) is 3. The van der Waals surface area contributed by atoms with Crippen molar-refractivity contribution in [1.29, 1.82) is 0 Å². The fourth-order valence-corrected chi connectivity index (χ4v) is 2.19. The maximum absolute atomic E-state index is 12.2. The van der Waals surface area contributed by atoms with Crippen LogP contribution in [0.25, 0.3) is 0 Å². The van der Waals surface area contributed by atoms with Gasteiger partial charge in [-0.05, 0) is 12.8 Å². The van der Waals surface area contributed by atoms with Gasteiger partial charge in [-0.15, -0.1) is 10.2 Å². The van der Waals surface area contributed by atoms with E-state index in [1.807, 2.05) is 0 Å². The SMILES string of the molecule is NC(=S)C1(C(=O)NCc2nn[nH]n2)CCOCC1. The van der Waals surface area contributed by atoms with E-state index in [0.717, 1.165) is 0 Å². The van der Waals surface area contributed by atoms with Crippen LogP contribution in [0.5, 0.6) is 0 Å². The Bertz CT molecular complexity index is 428. The first-order chi connectivity index (χ1) is 8.65. The Morgan fingerprint density at radius 2 is 2.28 bits per heavy atom. The van der Waals surface area contributed by atoms with Crippen LogP contribution in [0.1, 0.15) is 18.7 Å². The molecule has 1 amide bonds. The van der Waals surface area contributed by atoms with E-state index in [4.69, 9.17) is 22.7 Å². The Morgan fingerprint density at radius 3 is 2.83 bits per heavy atom. The fourth-order valence-electron chi connectivity index (χ4n) is 1.89. The minimum atomic E-state index is -0.822. The molecule has 1 fully saturated rings. The zero-order valence-electron chi connectivity index (χ0n) is 9.68. The second-order valence-corrected chi connectivity index (χ2v) is 4.51. The van der Waals surface area contributed by atoms with Crippen molar-refractivity contribution in [3.8, 4) is 0 Å². The predicted octanol–water partition coefficient (Wildman–Crippen LogP) is -1.10. The minimum Gasteiger partial charge on any atom is -0.392 e. The second-order valence-electron chi connectivity index (χ2n) is 4.07. The van der Waals surface area contributed by atoms with E-state index in [9.17, 15) is 4.79 Å². The molecule has 4 N–H and O–H groups in total. The molecule has 0 saturated carbocycles. The highest BCUT2D eigenvalue weighted by Gasteiger charge is 2.42. The summed E-state index contributed by atoms with van der Waals surface area (Å²) >= 11 is 5.03. The van der Waals surface area contributed by atoms with Gasteiger partial charge in [0.05, 0.1) is 11.5 Å². The van der Waals surface area contributed by atoms with Crippen molar-refractivity contribution in [2.45, 2.75) is 19.4 Å². The van der Waals surface area contributed by atoms with Gasteiger partial charge in [0.2, 0.25) is 5.91 Å². The van der Waals surface area contributed by atoms with E-state index in [2.05, 4.69) is 25.9 Å². The van der Waals surface area contributed by atoms with Crippen molar-refractivity contribution in [2.24, 2.45) is 11.1 Å². The standard InChI is InChI=1S/C9H14N6O2S/c10-7(18)9(1-3-17-4-2-9)8(16)11-5-6-12-14-15-13-6/h1-5H2,(H2,10,18)(H,11,16)(H,12,13,14,15). The van der Waals surface area contributed by atoms with Gasteiger partial charge in [0.15, 0.2) is 5.82 Å². The van der Waals surface area contributed by atoms with E-state index in [-0.39, 0.29) is 17.4 Å². The first-order valence-corrected chi connectivity index (χ1v) is 5.94. The van der Waals surface area contributed by atoms with Crippen molar-refractivity contribution in [3.05, 3.63) is 5.82 Å². The number of thiocarbonyl (C=S) groups is 1. The molecule has 0 radical (unpaired) electrons. The lowest BCUT2D eigenvalue weighted by Crippen LogP contribution is -2.51. The zero-order valence-corrected chi connectivity index (χ0v) is 10.5. The molecule has 0 bridgehead atoms. The zero-order chi connectivity index (χ0) is 13.0. The van der Waals surface area contributed by atoms with Gasteiger partial charge in [-0.3, -0.25) is 4.79 Å². The lowest BCUT2D eigenvalue weighted by atomic mass is 9.79. The molecule has 0 spiro atoms. The molecule has 0 unspecified atom stereocenters. The molecule has 2 heterocycles. The third-order valence-corrected chi connectivity index (χ3v) is 3.44. The summed E-state index contributed by atoms with van der Waals surface area (Å²) in [6, 6.07) is 0. The van der Waals surface area contributed by atoms with Crippen molar-refractivity contribution in [2.75, 3.05) is 13.2 Å².